The predicted molar refractivity (Wildman–Crippen MR) is 62.9 cm³/mol. The first kappa shape index (κ1) is 11.0. The summed E-state index contributed by atoms with van der Waals surface area (Å²) in [5, 5.41) is 14.0. The van der Waals surface area contributed by atoms with Crippen molar-refractivity contribution >= 4 is 11.3 Å². The van der Waals surface area contributed by atoms with Crippen LogP contribution in [0.5, 0.6) is 0 Å². The van der Waals surface area contributed by atoms with Crippen molar-refractivity contribution in [2.45, 2.75) is 52.1 Å². The van der Waals surface area contributed by atoms with Crippen molar-refractivity contribution in [2.75, 3.05) is 0 Å². The van der Waals surface area contributed by atoms with Crippen LogP contribution in [0.4, 0.5) is 0 Å². The summed E-state index contributed by atoms with van der Waals surface area (Å²) in [6.45, 7) is 5.16. The topological polar surface area (TPSA) is 37.8 Å². The lowest BCUT2D eigenvalue weighted by Gasteiger charge is -2.16. The normalized spacial score (nSPS) is 18.0. The zero-order chi connectivity index (χ0) is 10.7. The second-order valence-electron chi connectivity index (χ2n) is 4.33. The number of aryl methyl sites for hydroxylation is 1. The van der Waals surface area contributed by atoms with Crippen molar-refractivity contribution in [3.63, 3.8) is 0 Å². The number of aromatic nitrogens is 2. The lowest BCUT2D eigenvalue weighted by Crippen LogP contribution is -2.30. The number of hydrogen-bond acceptors (Lipinski definition) is 4. The molecule has 1 atom stereocenters. The van der Waals surface area contributed by atoms with Crippen molar-refractivity contribution in [1.82, 2.24) is 15.5 Å². The lowest BCUT2D eigenvalue weighted by molar-refractivity contribution is 0.429. The molecule has 0 aromatic carbocycles. The largest absolute Gasteiger partial charge is 0.307 e. The molecular weight excluding hydrogens is 206 g/mol. The van der Waals surface area contributed by atoms with E-state index in [1.165, 1.54) is 25.7 Å². The van der Waals surface area contributed by atoms with E-state index < -0.39 is 0 Å². The maximum Gasteiger partial charge on any atom is 0.131 e. The molecule has 1 heterocycles. The summed E-state index contributed by atoms with van der Waals surface area (Å²) in [7, 11) is 0. The molecule has 1 aliphatic rings. The molecule has 1 aromatic heterocycles. The van der Waals surface area contributed by atoms with Gasteiger partial charge in [0, 0.05) is 12.6 Å². The Morgan fingerprint density at radius 2 is 2.27 bits per heavy atom. The Morgan fingerprint density at radius 3 is 2.80 bits per heavy atom. The van der Waals surface area contributed by atoms with Crippen LogP contribution >= 0.6 is 11.3 Å². The molecule has 2 rings (SSSR count). The van der Waals surface area contributed by atoms with Crippen molar-refractivity contribution in [1.29, 1.82) is 0 Å². The van der Waals surface area contributed by atoms with Crippen LogP contribution in [0.1, 0.15) is 42.6 Å². The van der Waals surface area contributed by atoms with E-state index in [9.17, 15) is 0 Å². The minimum atomic E-state index is 0.708. The summed E-state index contributed by atoms with van der Waals surface area (Å²) in [4.78, 5) is 0. The lowest BCUT2D eigenvalue weighted by atomic mass is 10.1. The zero-order valence-corrected chi connectivity index (χ0v) is 10.3. The summed E-state index contributed by atoms with van der Waals surface area (Å²) in [5.74, 6) is 0.930. The van der Waals surface area contributed by atoms with Gasteiger partial charge in [-0.25, -0.2) is 0 Å². The van der Waals surface area contributed by atoms with Crippen LogP contribution in [-0.4, -0.2) is 16.2 Å². The van der Waals surface area contributed by atoms with Gasteiger partial charge in [-0.3, -0.25) is 0 Å². The van der Waals surface area contributed by atoms with Crippen LogP contribution in [0.15, 0.2) is 0 Å². The molecule has 3 nitrogen and oxygen atoms in total. The molecule has 0 radical (unpaired) electrons. The molecule has 0 aliphatic heterocycles. The number of nitrogens with one attached hydrogen (secondary N) is 1. The number of rotatable bonds is 6. The second kappa shape index (κ2) is 5.03. The highest BCUT2D eigenvalue weighted by atomic mass is 32.1. The molecule has 1 unspecified atom stereocenters. The Labute approximate surface area is 95.3 Å². The fraction of sp³-hybridized carbons (Fsp3) is 0.818. The van der Waals surface area contributed by atoms with Crippen LogP contribution < -0.4 is 5.32 Å². The van der Waals surface area contributed by atoms with Gasteiger partial charge in [0.2, 0.25) is 0 Å². The van der Waals surface area contributed by atoms with Crippen molar-refractivity contribution < 1.29 is 0 Å². The molecule has 1 N–H and O–H groups in total. The Kier molecular flexibility index (Phi) is 3.70. The van der Waals surface area contributed by atoms with E-state index in [4.69, 9.17) is 0 Å². The van der Waals surface area contributed by atoms with Gasteiger partial charge in [0.05, 0.1) is 0 Å². The van der Waals surface area contributed by atoms with E-state index in [-0.39, 0.29) is 0 Å². The quantitative estimate of drug-likeness (QED) is 0.808. The maximum atomic E-state index is 4.13. The fourth-order valence-electron chi connectivity index (χ4n) is 1.94. The van der Waals surface area contributed by atoms with Crippen LogP contribution in [0.3, 0.4) is 0 Å². The molecule has 4 heteroatoms. The molecule has 1 aromatic rings. The first-order chi connectivity index (χ1) is 7.29. The third-order valence-electron chi connectivity index (χ3n) is 2.87. The maximum absolute atomic E-state index is 4.13. The Balaban J connectivity index is 1.79. The minimum absolute atomic E-state index is 0.708. The zero-order valence-electron chi connectivity index (χ0n) is 9.49. The Bertz CT molecular complexity index is 307. The van der Waals surface area contributed by atoms with E-state index in [0.717, 1.165) is 22.5 Å². The van der Waals surface area contributed by atoms with Gasteiger partial charge < -0.3 is 5.32 Å². The first-order valence-corrected chi connectivity index (χ1v) is 6.63. The van der Waals surface area contributed by atoms with Gasteiger partial charge in [0.25, 0.3) is 0 Å². The van der Waals surface area contributed by atoms with Gasteiger partial charge in [0.15, 0.2) is 0 Å². The van der Waals surface area contributed by atoms with E-state index in [1.807, 2.05) is 6.92 Å². The smallest absolute Gasteiger partial charge is 0.131 e. The molecular formula is C11H19N3S. The molecule has 1 saturated carbocycles. The molecule has 1 aliphatic carbocycles. The molecule has 0 saturated heterocycles. The molecule has 0 spiro atoms. The minimum Gasteiger partial charge on any atom is -0.307 e. The van der Waals surface area contributed by atoms with Crippen molar-refractivity contribution in [2.24, 2.45) is 5.92 Å². The molecule has 15 heavy (non-hydrogen) atoms. The van der Waals surface area contributed by atoms with Crippen LogP contribution in [0.25, 0.3) is 0 Å². The average Bonchev–Trinajstić information content (AvgIpc) is 2.97. The summed E-state index contributed by atoms with van der Waals surface area (Å²) in [5.41, 5.74) is 0. The van der Waals surface area contributed by atoms with Crippen LogP contribution in [0, 0.1) is 12.8 Å². The van der Waals surface area contributed by atoms with Gasteiger partial charge in [-0.2, -0.15) is 0 Å². The highest BCUT2D eigenvalue weighted by Crippen LogP contribution is 2.34. The van der Waals surface area contributed by atoms with Crippen LogP contribution in [0.2, 0.25) is 0 Å². The van der Waals surface area contributed by atoms with Crippen molar-refractivity contribution in [3.05, 3.63) is 10.0 Å². The molecule has 0 amide bonds. The van der Waals surface area contributed by atoms with Gasteiger partial charge in [-0.15, -0.1) is 21.5 Å². The van der Waals surface area contributed by atoms with Gasteiger partial charge in [0.1, 0.15) is 10.0 Å². The third-order valence-corrected chi connectivity index (χ3v) is 3.71. The molecule has 1 fully saturated rings. The first-order valence-electron chi connectivity index (χ1n) is 5.82. The van der Waals surface area contributed by atoms with E-state index in [0.29, 0.717) is 6.04 Å². The van der Waals surface area contributed by atoms with E-state index in [1.54, 1.807) is 11.3 Å². The summed E-state index contributed by atoms with van der Waals surface area (Å²) in [6.07, 6.45) is 5.38. The second-order valence-corrected chi connectivity index (χ2v) is 5.59. The monoisotopic (exact) mass is 225 g/mol. The Morgan fingerprint density at radius 1 is 1.47 bits per heavy atom. The highest BCUT2D eigenvalue weighted by Gasteiger charge is 2.30. The van der Waals surface area contributed by atoms with Crippen molar-refractivity contribution in [3.8, 4) is 0 Å². The van der Waals surface area contributed by atoms with E-state index in [2.05, 4.69) is 22.4 Å². The molecule has 84 valence electrons. The SMILES string of the molecule is CCCC(NCc1nnc(C)s1)C1CC1. The predicted octanol–water partition coefficient (Wildman–Crippen LogP) is 2.51. The summed E-state index contributed by atoms with van der Waals surface area (Å²) >= 11 is 1.70. The van der Waals surface area contributed by atoms with E-state index >= 15 is 0 Å². The third kappa shape index (κ3) is 3.24. The molecule has 0 bridgehead atoms. The van der Waals surface area contributed by atoms with Gasteiger partial charge in [-0.1, -0.05) is 13.3 Å². The highest BCUT2D eigenvalue weighted by molar-refractivity contribution is 7.11. The fourth-order valence-corrected chi connectivity index (χ4v) is 2.60. The number of nitrogens with zero attached hydrogens (tertiary/aromatic N) is 2. The summed E-state index contributed by atoms with van der Waals surface area (Å²) in [6, 6.07) is 0.708. The summed E-state index contributed by atoms with van der Waals surface area (Å²) < 4.78 is 0. The standard InChI is InChI=1S/C11H19N3S/c1-3-4-10(9-5-6-9)12-7-11-14-13-8(2)15-11/h9-10,12H,3-7H2,1-2H3. The van der Waals surface area contributed by atoms with Crippen LogP contribution in [-0.2, 0) is 6.54 Å². The average molecular weight is 225 g/mol. The van der Waals surface area contributed by atoms with Gasteiger partial charge >= 0.3 is 0 Å². The van der Waals surface area contributed by atoms with Gasteiger partial charge in [-0.05, 0) is 32.1 Å². The Hall–Kier alpha value is -0.480. The number of hydrogen-bond donors (Lipinski definition) is 1.